The number of terminal acetylenes is 1. The van der Waals surface area contributed by atoms with E-state index in [0.29, 0.717) is 6.47 Å². The van der Waals surface area contributed by atoms with Gasteiger partial charge in [-0.05, 0) is 41.5 Å². The van der Waals surface area contributed by atoms with Gasteiger partial charge >= 0.3 is 5.97 Å². The number of aromatic carboxylic acids is 1. The highest BCUT2D eigenvalue weighted by Crippen LogP contribution is 2.08. The third-order valence-corrected chi connectivity index (χ3v) is 3.27. The molecule has 0 saturated carbocycles. The van der Waals surface area contributed by atoms with Crippen molar-refractivity contribution >= 4 is 24.3 Å². The van der Waals surface area contributed by atoms with Gasteiger partial charge in [0.15, 0.2) is 5.78 Å². The summed E-state index contributed by atoms with van der Waals surface area (Å²) < 4.78 is 3.92. The second-order valence-corrected chi connectivity index (χ2v) is 5.14. The Morgan fingerprint density at radius 1 is 1.11 bits per heavy atom. The van der Waals surface area contributed by atoms with Gasteiger partial charge < -0.3 is 9.84 Å². The summed E-state index contributed by atoms with van der Waals surface area (Å²) >= 11 is 0. The Balaban J connectivity index is 0.000000646. The number of benzene rings is 2. The predicted molar refractivity (Wildman–Crippen MR) is 103 cm³/mol. The first-order valence-electron chi connectivity index (χ1n) is 7.80. The summed E-state index contributed by atoms with van der Waals surface area (Å²) in [4.78, 5) is 31.8. The fourth-order valence-corrected chi connectivity index (χ4v) is 1.94. The monoisotopic (exact) mass is 362 g/mol. The van der Waals surface area contributed by atoms with E-state index in [1.807, 2.05) is 24.3 Å². The lowest BCUT2D eigenvalue weighted by atomic mass is 10.1. The molecule has 5 heteroatoms. The molecule has 0 bridgehead atoms. The molecule has 0 aliphatic rings. The summed E-state index contributed by atoms with van der Waals surface area (Å²) in [5.74, 6) is 1.50. The quantitative estimate of drug-likeness (QED) is 0.353. The van der Waals surface area contributed by atoms with Crippen molar-refractivity contribution in [3.63, 3.8) is 0 Å². The van der Waals surface area contributed by atoms with E-state index < -0.39 is 5.97 Å². The van der Waals surface area contributed by atoms with Crippen LogP contribution in [0.15, 0.2) is 67.4 Å². The molecule has 2 aromatic rings. The summed E-state index contributed by atoms with van der Waals surface area (Å²) in [6.45, 7) is 3.41. The van der Waals surface area contributed by atoms with E-state index in [2.05, 4.69) is 17.2 Å². The Morgan fingerprint density at radius 3 is 2.19 bits per heavy atom. The fraction of sp³-hybridized carbons (Fsp3) is 0.0455. The summed E-state index contributed by atoms with van der Waals surface area (Å²) in [5, 5.41) is 8.81. The van der Waals surface area contributed by atoms with E-state index in [-0.39, 0.29) is 17.8 Å². The molecule has 0 atom stereocenters. The molecule has 5 nitrogen and oxygen atoms in total. The number of ether oxygens (including phenoxy) is 1. The van der Waals surface area contributed by atoms with Gasteiger partial charge in [0, 0.05) is 12.0 Å². The maximum absolute atomic E-state index is 11.9. The molecule has 2 rings (SSSR count). The van der Waals surface area contributed by atoms with Crippen molar-refractivity contribution in [1.29, 1.82) is 0 Å². The highest BCUT2D eigenvalue weighted by Gasteiger charge is 2.04. The number of carboxylic acids is 1. The average Bonchev–Trinajstić information content (AvgIpc) is 2.68. The van der Waals surface area contributed by atoms with Crippen molar-refractivity contribution in [3.8, 4) is 12.3 Å². The van der Waals surface area contributed by atoms with E-state index in [1.54, 1.807) is 18.2 Å². The zero-order chi connectivity index (χ0) is 20.1. The molecular formula is C22H18O5. The number of ketones is 1. The van der Waals surface area contributed by atoms with Gasteiger partial charge in [0.2, 0.25) is 0 Å². The number of carboxylic acid groups (broad SMARTS) is 1. The maximum atomic E-state index is 11.9. The molecule has 0 aliphatic heterocycles. The smallest absolute Gasteiger partial charge is 0.335 e. The lowest BCUT2D eigenvalue weighted by molar-refractivity contribution is -0.123. The molecule has 2 aromatic carbocycles. The van der Waals surface area contributed by atoms with Gasteiger partial charge in [-0.25, -0.2) is 4.79 Å². The zero-order valence-corrected chi connectivity index (χ0v) is 14.5. The Kier molecular flexibility index (Phi) is 9.09. The number of allylic oxidation sites excluding steroid dienone is 1. The zero-order valence-electron chi connectivity index (χ0n) is 14.5. The van der Waals surface area contributed by atoms with Crippen LogP contribution < -0.4 is 0 Å². The van der Waals surface area contributed by atoms with Gasteiger partial charge in [-0.2, -0.15) is 0 Å². The SMILES string of the molecule is C#Cc1ccc(/C=C/C(=O)Cc2ccc(C(=O)O)cc2)cc1.C=COC=O. The molecule has 1 N–H and O–H groups in total. The van der Waals surface area contributed by atoms with Crippen molar-refractivity contribution in [1.82, 2.24) is 0 Å². The van der Waals surface area contributed by atoms with Crippen LogP contribution >= 0.6 is 0 Å². The van der Waals surface area contributed by atoms with E-state index >= 15 is 0 Å². The summed E-state index contributed by atoms with van der Waals surface area (Å²) in [6, 6.07) is 13.6. The van der Waals surface area contributed by atoms with Gasteiger partial charge in [-0.15, -0.1) is 6.42 Å². The Labute approximate surface area is 157 Å². The maximum Gasteiger partial charge on any atom is 0.335 e. The third-order valence-electron chi connectivity index (χ3n) is 3.27. The van der Waals surface area contributed by atoms with E-state index in [4.69, 9.17) is 16.3 Å². The second kappa shape index (κ2) is 11.6. The van der Waals surface area contributed by atoms with Crippen LogP contribution in [0.2, 0.25) is 0 Å². The first-order chi connectivity index (χ1) is 13.0. The Hall–Kier alpha value is -3.91. The van der Waals surface area contributed by atoms with Crippen LogP contribution in [0.4, 0.5) is 0 Å². The third kappa shape index (κ3) is 8.14. The van der Waals surface area contributed by atoms with Gasteiger partial charge in [-0.1, -0.05) is 42.8 Å². The first kappa shape index (κ1) is 21.1. The van der Waals surface area contributed by atoms with Crippen LogP contribution in [0.25, 0.3) is 6.08 Å². The number of rotatable bonds is 7. The highest BCUT2D eigenvalue weighted by atomic mass is 16.5. The van der Waals surface area contributed by atoms with Gasteiger partial charge in [0.1, 0.15) is 0 Å². The number of carbonyl (C=O) groups excluding carboxylic acids is 2. The minimum atomic E-state index is -0.979. The molecule has 0 fully saturated rings. The van der Waals surface area contributed by atoms with Crippen molar-refractivity contribution in [2.75, 3.05) is 0 Å². The molecule has 0 aromatic heterocycles. The van der Waals surface area contributed by atoms with Crippen LogP contribution in [-0.2, 0) is 20.7 Å². The van der Waals surface area contributed by atoms with Crippen LogP contribution in [0.1, 0.15) is 27.0 Å². The molecule has 0 spiro atoms. The standard InChI is InChI=1S/C19H14O3.C3H4O2/c1-2-14-3-5-15(6-4-14)9-12-18(20)13-16-7-10-17(11-8-16)19(21)22;1-2-5-3-4/h1,3-12H,13H2,(H,21,22);2-3H,1H2/b12-9+;. The average molecular weight is 362 g/mol. The van der Waals surface area contributed by atoms with Crippen molar-refractivity contribution < 1.29 is 24.2 Å². The van der Waals surface area contributed by atoms with Gasteiger partial charge in [0.05, 0.1) is 11.8 Å². The summed E-state index contributed by atoms with van der Waals surface area (Å²) in [6.07, 6.45) is 9.82. The van der Waals surface area contributed by atoms with Crippen LogP contribution in [0, 0.1) is 12.3 Å². The molecule has 136 valence electrons. The number of hydrogen-bond acceptors (Lipinski definition) is 4. The highest BCUT2D eigenvalue weighted by molar-refractivity contribution is 5.95. The van der Waals surface area contributed by atoms with E-state index in [1.165, 1.54) is 18.2 Å². The van der Waals surface area contributed by atoms with Crippen LogP contribution in [0.5, 0.6) is 0 Å². The molecular weight excluding hydrogens is 344 g/mol. The molecule has 0 saturated heterocycles. The molecule has 0 heterocycles. The van der Waals surface area contributed by atoms with Gasteiger partial charge in [-0.3, -0.25) is 9.59 Å². The van der Waals surface area contributed by atoms with Gasteiger partial charge in [0.25, 0.3) is 6.47 Å². The number of hydrogen-bond donors (Lipinski definition) is 1. The minimum absolute atomic E-state index is 0.0518. The van der Waals surface area contributed by atoms with Crippen LogP contribution in [0.3, 0.4) is 0 Å². The van der Waals surface area contributed by atoms with Crippen molar-refractivity contribution in [2.24, 2.45) is 0 Å². The van der Waals surface area contributed by atoms with E-state index in [9.17, 15) is 9.59 Å². The minimum Gasteiger partial charge on any atom is -0.478 e. The normalized spacial score (nSPS) is 9.44. The lowest BCUT2D eigenvalue weighted by Gasteiger charge is -1.99. The van der Waals surface area contributed by atoms with E-state index in [0.717, 1.165) is 23.0 Å². The molecule has 0 aliphatic carbocycles. The second-order valence-electron chi connectivity index (χ2n) is 5.14. The summed E-state index contributed by atoms with van der Waals surface area (Å²) in [7, 11) is 0. The molecule has 27 heavy (non-hydrogen) atoms. The number of carbonyl (C=O) groups is 3. The molecule has 0 amide bonds. The predicted octanol–water partition coefficient (Wildman–Crippen LogP) is 3.49. The molecule has 0 radical (unpaired) electrons. The topological polar surface area (TPSA) is 80.7 Å². The van der Waals surface area contributed by atoms with Crippen molar-refractivity contribution in [2.45, 2.75) is 6.42 Å². The Bertz CT molecular complexity index is 847. The summed E-state index contributed by atoms with van der Waals surface area (Å²) in [5.41, 5.74) is 2.68. The fourth-order valence-electron chi connectivity index (χ4n) is 1.94. The Morgan fingerprint density at radius 2 is 1.74 bits per heavy atom. The lowest BCUT2D eigenvalue weighted by Crippen LogP contribution is -2.00. The molecule has 0 unspecified atom stereocenters. The van der Waals surface area contributed by atoms with Crippen LogP contribution in [-0.4, -0.2) is 23.3 Å². The largest absolute Gasteiger partial charge is 0.478 e. The van der Waals surface area contributed by atoms with Crippen molar-refractivity contribution in [3.05, 3.63) is 89.7 Å². The first-order valence-corrected chi connectivity index (χ1v) is 7.80.